The van der Waals surface area contributed by atoms with E-state index in [4.69, 9.17) is 0 Å². The molecule has 88 valence electrons. The molecule has 5 nitrogen and oxygen atoms in total. The molecule has 0 saturated heterocycles. The van der Waals surface area contributed by atoms with Crippen LogP contribution in [0.2, 0.25) is 0 Å². The van der Waals surface area contributed by atoms with E-state index in [-0.39, 0.29) is 5.03 Å². The van der Waals surface area contributed by atoms with E-state index < -0.39 is 10.0 Å². The van der Waals surface area contributed by atoms with Gasteiger partial charge in [-0.25, -0.2) is 13.4 Å². The predicted octanol–water partition coefficient (Wildman–Crippen LogP) is 1.06. The van der Waals surface area contributed by atoms with Crippen LogP contribution in [0, 0.1) is 6.92 Å². The quantitative estimate of drug-likeness (QED) is 0.787. The molecule has 1 aliphatic heterocycles. The van der Waals surface area contributed by atoms with Crippen molar-refractivity contribution in [1.82, 2.24) is 14.3 Å². The lowest BCUT2D eigenvalue weighted by Crippen LogP contribution is -2.34. The van der Waals surface area contributed by atoms with E-state index in [9.17, 15) is 8.42 Å². The minimum atomic E-state index is -3.39. The molecule has 6 heteroatoms. The third-order valence-corrected chi connectivity index (χ3v) is 4.47. The van der Waals surface area contributed by atoms with Crippen molar-refractivity contribution >= 4 is 10.0 Å². The number of sulfonamides is 1. The number of rotatable bonds is 2. The van der Waals surface area contributed by atoms with Gasteiger partial charge in [-0.2, -0.15) is 4.31 Å². The highest BCUT2D eigenvalue weighted by Gasteiger charge is 2.26. The van der Waals surface area contributed by atoms with E-state index in [0.29, 0.717) is 18.9 Å². The minimum Gasteiger partial charge on any atom is -0.332 e. The lowest BCUT2D eigenvalue weighted by Gasteiger charge is -2.23. The monoisotopic (exact) mass is 241 g/mol. The molecule has 1 aromatic heterocycles. The predicted molar refractivity (Wildman–Crippen MR) is 60.5 cm³/mol. The second-order valence-corrected chi connectivity index (χ2v) is 5.90. The van der Waals surface area contributed by atoms with Crippen LogP contribution in [0.4, 0.5) is 0 Å². The summed E-state index contributed by atoms with van der Waals surface area (Å²) in [5, 5.41) is 0.179. The summed E-state index contributed by atoms with van der Waals surface area (Å²) in [5.41, 5.74) is 1.24. The fraction of sp³-hybridized carbons (Fsp3) is 0.500. The van der Waals surface area contributed by atoms with E-state index in [0.717, 1.165) is 6.42 Å². The van der Waals surface area contributed by atoms with Gasteiger partial charge in [-0.1, -0.05) is 11.6 Å². The van der Waals surface area contributed by atoms with Crippen molar-refractivity contribution in [3.05, 3.63) is 23.7 Å². The van der Waals surface area contributed by atoms with Gasteiger partial charge < -0.3 is 4.98 Å². The van der Waals surface area contributed by atoms with Gasteiger partial charge in [0.2, 0.25) is 0 Å². The SMILES string of the molecule is CC1=CCN(S(=O)(=O)c2cnc(C)[nH]2)CC1. The molecule has 1 N–H and O–H groups in total. The molecule has 2 rings (SSSR count). The van der Waals surface area contributed by atoms with E-state index in [2.05, 4.69) is 9.97 Å². The zero-order chi connectivity index (χ0) is 11.8. The normalized spacial score (nSPS) is 18.5. The zero-order valence-electron chi connectivity index (χ0n) is 9.40. The minimum absolute atomic E-state index is 0.179. The molecule has 16 heavy (non-hydrogen) atoms. The van der Waals surface area contributed by atoms with Gasteiger partial charge in [-0.3, -0.25) is 0 Å². The summed E-state index contributed by atoms with van der Waals surface area (Å²) in [6, 6.07) is 0. The van der Waals surface area contributed by atoms with Gasteiger partial charge in [0.1, 0.15) is 5.82 Å². The number of hydrogen-bond donors (Lipinski definition) is 1. The number of aryl methyl sites for hydroxylation is 1. The maximum Gasteiger partial charge on any atom is 0.260 e. The van der Waals surface area contributed by atoms with E-state index in [1.54, 1.807) is 6.92 Å². The third kappa shape index (κ3) is 2.03. The second kappa shape index (κ2) is 4.03. The molecule has 0 amide bonds. The van der Waals surface area contributed by atoms with Crippen LogP contribution in [-0.2, 0) is 10.0 Å². The van der Waals surface area contributed by atoms with Crippen molar-refractivity contribution in [3.8, 4) is 0 Å². The van der Waals surface area contributed by atoms with Crippen LogP contribution < -0.4 is 0 Å². The zero-order valence-corrected chi connectivity index (χ0v) is 10.2. The second-order valence-electron chi connectivity index (χ2n) is 4.00. The van der Waals surface area contributed by atoms with Crippen molar-refractivity contribution in [2.75, 3.05) is 13.1 Å². The lowest BCUT2D eigenvalue weighted by atomic mass is 10.1. The maximum atomic E-state index is 12.1. The number of imidazole rings is 1. The van der Waals surface area contributed by atoms with Crippen molar-refractivity contribution < 1.29 is 8.42 Å². The van der Waals surface area contributed by atoms with Crippen LogP contribution in [0.3, 0.4) is 0 Å². The highest BCUT2D eigenvalue weighted by Crippen LogP contribution is 2.18. The number of nitrogens with one attached hydrogen (secondary N) is 1. The van der Waals surface area contributed by atoms with Crippen LogP contribution >= 0.6 is 0 Å². The van der Waals surface area contributed by atoms with Gasteiger partial charge in [0.25, 0.3) is 10.0 Å². The first-order valence-electron chi connectivity index (χ1n) is 5.17. The summed E-state index contributed by atoms with van der Waals surface area (Å²) in [5.74, 6) is 0.613. The smallest absolute Gasteiger partial charge is 0.260 e. The number of aromatic nitrogens is 2. The Bertz CT molecular complexity index is 516. The van der Waals surface area contributed by atoms with Gasteiger partial charge in [-0.15, -0.1) is 0 Å². The summed E-state index contributed by atoms with van der Waals surface area (Å²) in [6.45, 7) is 4.75. The van der Waals surface area contributed by atoms with Gasteiger partial charge >= 0.3 is 0 Å². The Morgan fingerprint density at radius 3 is 2.69 bits per heavy atom. The van der Waals surface area contributed by atoms with Crippen molar-refractivity contribution in [2.24, 2.45) is 0 Å². The van der Waals surface area contributed by atoms with Crippen molar-refractivity contribution in [3.63, 3.8) is 0 Å². The molecule has 0 aliphatic carbocycles. The molecule has 0 saturated carbocycles. The fourth-order valence-corrected chi connectivity index (χ4v) is 2.98. The molecular weight excluding hydrogens is 226 g/mol. The number of hydrogen-bond acceptors (Lipinski definition) is 3. The summed E-state index contributed by atoms with van der Waals surface area (Å²) >= 11 is 0. The molecule has 1 aliphatic rings. The fourth-order valence-electron chi connectivity index (χ4n) is 1.64. The summed E-state index contributed by atoms with van der Waals surface area (Å²) in [6.07, 6.45) is 4.12. The largest absolute Gasteiger partial charge is 0.332 e. The van der Waals surface area contributed by atoms with Crippen LogP contribution in [-0.4, -0.2) is 35.8 Å². The first-order chi connectivity index (χ1) is 7.50. The van der Waals surface area contributed by atoms with Crippen molar-refractivity contribution in [1.29, 1.82) is 0 Å². The van der Waals surface area contributed by atoms with Crippen LogP contribution in [0.25, 0.3) is 0 Å². The van der Waals surface area contributed by atoms with Crippen LogP contribution in [0.1, 0.15) is 19.2 Å². The Hall–Kier alpha value is -1.14. The first-order valence-corrected chi connectivity index (χ1v) is 6.61. The lowest BCUT2D eigenvalue weighted by molar-refractivity contribution is 0.429. The van der Waals surface area contributed by atoms with Crippen LogP contribution in [0.5, 0.6) is 0 Å². The van der Waals surface area contributed by atoms with Crippen LogP contribution in [0.15, 0.2) is 22.9 Å². The molecule has 1 aromatic rings. The van der Waals surface area contributed by atoms with Crippen molar-refractivity contribution in [2.45, 2.75) is 25.3 Å². The summed E-state index contributed by atoms with van der Waals surface area (Å²) in [7, 11) is -3.39. The summed E-state index contributed by atoms with van der Waals surface area (Å²) in [4.78, 5) is 6.68. The Labute approximate surface area is 95.2 Å². The maximum absolute atomic E-state index is 12.1. The molecule has 0 unspecified atom stereocenters. The molecule has 0 aromatic carbocycles. The highest BCUT2D eigenvalue weighted by atomic mass is 32.2. The molecule has 0 atom stereocenters. The molecule has 0 fully saturated rings. The Balaban J connectivity index is 2.27. The number of aromatic amines is 1. The average molecular weight is 241 g/mol. The van der Waals surface area contributed by atoms with E-state index in [1.165, 1.54) is 16.1 Å². The number of H-pyrrole nitrogens is 1. The Morgan fingerprint density at radius 2 is 2.19 bits per heavy atom. The van der Waals surface area contributed by atoms with Gasteiger partial charge in [-0.05, 0) is 20.3 Å². The summed E-state index contributed by atoms with van der Waals surface area (Å²) < 4.78 is 25.7. The van der Waals surface area contributed by atoms with E-state index >= 15 is 0 Å². The Kier molecular flexibility index (Phi) is 2.86. The third-order valence-electron chi connectivity index (χ3n) is 2.70. The molecule has 0 radical (unpaired) electrons. The van der Waals surface area contributed by atoms with Gasteiger partial charge in [0, 0.05) is 13.1 Å². The Morgan fingerprint density at radius 1 is 1.44 bits per heavy atom. The topological polar surface area (TPSA) is 66.1 Å². The molecule has 2 heterocycles. The molecular formula is C10H15N3O2S. The standard InChI is InChI=1S/C10H15N3O2S/c1-8-3-5-13(6-4-8)16(14,15)10-7-11-9(2)12-10/h3,7H,4-6H2,1-2H3,(H,11,12). The van der Waals surface area contributed by atoms with Gasteiger partial charge in [0.15, 0.2) is 5.03 Å². The van der Waals surface area contributed by atoms with E-state index in [1.807, 2.05) is 13.0 Å². The first kappa shape index (κ1) is 11.3. The molecule has 0 bridgehead atoms. The number of nitrogens with zero attached hydrogens (tertiary/aromatic N) is 2. The highest BCUT2D eigenvalue weighted by molar-refractivity contribution is 7.89. The van der Waals surface area contributed by atoms with Gasteiger partial charge in [0.05, 0.1) is 6.20 Å². The molecule has 0 spiro atoms. The average Bonchev–Trinajstić information content (AvgIpc) is 2.66.